The average Bonchev–Trinajstić information content (AvgIpc) is 2.40. The summed E-state index contributed by atoms with van der Waals surface area (Å²) in [6, 6.07) is 11.4. The molecule has 2 nitrogen and oxygen atoms in total. The average molecular weight is 240 g/mol. The minimum atomic E-state index is -0.164. The van der Waals surface area contributed by atoms with Gasteiger partial charge in [-0.05, 0) is 62.2 Å². The van der Waals surface area contributed by atoms with E-state index >= 15 is 0 Å². The van der Waals surface area contributed by atoms with Crippen LogP contribution in [-0.4, -0.2) is 13.1 Å². The fourth-order valence-corrected chi connectivity index (χ4v) is 3.24. The Morgan fingerprint density at radius 2 is 2.00 bits per heavy atom. The quantitative estimate of drug-likeness (QED) is 0.862. The molecule has 0 bridgehead atoms. The summed E-state index contributed by atoms with van der Waals surface area (Å²) in [6.45, 7) is 2.25. The highest BCUT2D eigenvalue weighted by molar-refractivity contribution is 5.38. The summed E-state index contributed by atoms with van der Waals surface area (Å²) in [5.41, 5.74) is 2.53. The molecule has 2 heteroatoms. The van der Waals surface area contributed by atoms with Gasteiger partial charge in [0.15, 0.2) is 0 Å². The van der Waals surface area contributed by atoms with E-state index in [1.54, 1.807) is 0 Å². The second-order valence-electron chi connectivity index (χ2n) is 5.70. The fraction of sp³-hybridized carbons (Fsp3) is 0.562. The molecular weight excluding hydrogens is 220 g/mol. The van der Waals surface area contributed by atoms with Crippen molar-refractivity contribution in [3.63, 3.8) is 0 Å². The lowest BCUT2D eigenvalue weighted by molar-refractivity contribution is 0.323. The minimum Gasteiger partial charge on any atom is -0.317 e. The number of nitrogens with one attached hydrogen (secondary N) is 1. The molecule has 1 saturated carbocycles. The molecule has 1 aromatic rings. The molecular formula is C16H20N2. The summed E-state index contributed by atoms with van der Waals surface area (Å²) in [5, 5.41) is 12.8. The van der Waals surface area contributed by atoms with Crippen molar-refractivity contribution in [2.45, 2.75) is 43.4 Å². The monoisotopic (exact) mass is 240 g/mol. The molecule has 0 atom stereocenters. The molecule has 0 aromatic heterocycles. The summed E-state index contributed by atoms with van der Waals surface area (Å²) < 4.78 is 0. The van der Waals surface area contributed by atoms with Crippen LogP contribution in [0.2, 0.25) is 0 Å². The molecule has 1 N–H and O–H groups in total. The molecule has 1 saturated heterocycles. The summed E-state index contributed by atoms with van der Waals surface area (Å²) in [4.78, 5) is 0. The summed E-state index contributed by atoms with van der Waals surface area (Å²) in [5.74, 6) is 0.682. The van der Waals surface area contributed by atoms with Crippen LogP contribution < -0.4 is 5.32 Å². The van der Waals surface area contributed by atoms with Crippen molar-refractivity contribution < 1.29 is 0 Å². The number of nitrogens with zero attached hydrogens (tertiary/aromatic N) is 1. The first-order valence-corrected chi connectivity index (χ1v) is 7.06. The molecule has 1 aliphatic carbocycles. The highest BCUT2D eigenvalue weighted by Gasteiger charge is 2.39. The van der Waals surface area contributed by atoms with Crippen LogP contribution in [0, 0.1) is 11.3 Å². The van der Waals surface area contributed by atoms with Gasteiger partial charge in [0.1, 0.15) is 0 Å². The van der Waals surface area contributed by atoms with Crippen LogP contribution in [0.15, 0.2) is 24.3 Å². The van der Waals surface area contributed by atoms with Crippen molar-refractivity contribution in [2.75, 3.05) is 13.1 Å². The van der Waals surface area contributed by atoms with Gasteiger partial charge in [0, 0.05) is 0 Å². The van der Waals surface area contributed by atoms with Gasteiger partial charge < -0.3 is 5.32 Å². The summed E-state index contributed by atoms with van der Waals surface area (Å²) >= 11 is 0. The lowest BCUT2D eigenvalue weighted by Gasteiger charge is -2.36. The Balaban J connectivity index is 1.87. The highest BCUT2D eigenvalue weighted by atomic mass is 14.9. The Morgan fingerprint density at radius 3 is 2.61 bits per heavy atom. The Bertz CT molecular complexity index is 462. The van der Waals surface area contributed by atoms with E-state index in [9.17, 15) is 5.26 Å². The van der Waals surface area contributed by atoms with E-state index in [1.165, 1.54) is 30.4 Å². The largest absolute Gasteiger partial charge is 0.317 e. The standard InChI is InChI=1S/C16H20N2/c17-12-16(7-2-8-16)15-4-1-3-14(11-15)13-5-9-18-10-6-13/h1,3-4,11,13,18H,2,5-10H2. The SMILES string of the molecule is N#CC1(c2cccc(C3CCNCC3)c2)CCC1. The van der Waals surface area contributed by atoms with Crippen LogP contribution in [0.3, 0.4) is 0 Å². The van der Waals surface area contributed by atoms with E-state index in [0.29, 0.717) is 5.92 Å². The summed E-state index contributed by atoms with van der Waals surface area (Å²) in [6.07, 6.45) is 5.73. The van der Waals surface area contributed by atoms with Crippen LogP contribution in [0.25, 0.3) is 0 Å². The molecule has 0 spiro atoms. The molecule has 2 fully saturated rings. The van der Waals surface area contributed by atoms with Crippen LogP contribution in [0.1, 0.15) is 49.1 Å². The third-order valence-electron chi connectivity index (χ3n) is 4.67. The maximum Gasteiger partial charge on any atom is 0.0822 e. The number of benzene rings is 1. The number of hydrogen-bond acceptors (Lipinski definition) is 2. The third kappa shape index (κ3) is 1.93. The number of hydrogen-bond donors (Lipinski definition) is 1. The fourth-order valence-electron chi connectivity index (χ4n) is 3.24. The number of piperidine rings is 1. The molecule has 0 unspecified atom stereocenters. The smallest absolute Gasteiger partial charge is 0.0822 e. The van der Waals surface area contributed by atoms with E-state index in [-0.39, 0.29) is 5.41 Å². The first-order valence-electron chi connectivity index (χ1n) is 7.06. The van der Waals surface area contributed by atoms with E-state index in [2.05, 4.69) is 35.7 Å². The summed E-state index contributed by atoms with van der Waals surface area (Å²) in [7, 11) is 0. The van der Waals surface area contributed by atoms with E-state index in [0.717, 1.165) is 25.9 Å². The van der Waals surface area contributed by atoms with Gasteiger partial charge in [-0.2, -0.15) is 5.26 Å². The molecule has 1 aromatic carbocycles. The molecule has 0 radical (unpaired) electrons. The molecule has 94 valence electrons. The maximum absolute atomic E-state index is 9.43. The van der Waals surface area contributed by atoms with Gasteiger partial charge in [-0.1, -0.05) is 24.3 Å². The number of nitriles is 1. The van der Waals surface area contributed by atoms with Crippen molar-refractivity contribution in [3.8, 4) is 6.07 Å². The molecule has 1 aliphatic heterocycles. The van der Waals surface area contributed by atoms with Crippen molar-refractivity contribution in [3.05, 3.63) is 35.4 Å². The molecule has 1 heterocycles. The Morgan fingerprint density at radius 1 is 1.22 bits per heavy atom. The lowest BCUT2D eigenvalue weighted by atomic mass is 9.65. The van der Waals surface area contributed by atoms with Crippen LogP contribution in [-0.2, 0) is 5.41 Å². The molecule has 0 amide bonds. The van der Waals surface area contributed by atoms with Crippen molar-refractivity contribution >= 4 is 0 Å². The second-order valence-corrected chi connectivity index (χ2v) is 5.70. The van der Waals surface area contributed by atoms with E-state index < -0.39 is 0 Å². The first-order chi connectivity index (χ1) is 8.84. The zero-order valence-electron chi connectivity index (χ0n) is 10.8. The van der Waals surface area contributed by atoms with Crippen LogP contribution in [0.4, 0.5) is 0 Å². The van der Waals surface area contributed by atoms with Gasteiger partial charge in [-0.15, -0.1) is 0 Å². The first kappa shape index (κ1) is 11.7. The Kier molecular flexibility index (Phi) is 3.09. The van der Waals surface area contributed by atoms with Crippen LogP contribution >= 0.6 is 0 Å². The van der Waals surface area contributed by atoms with Crippen molar-refractivity contribution in [1.29, 1.82) is 5.26 Å². The van der Waals surface area contributed by atoms with Gasteiger partial charge >= 0.3 is 0 Å². The molecule has 3 rings (SSSR count). The maximum atomic E-state index is 9.43. The highest BCUT2D eigenvalue weighted by Crippen LogP contribution is 2.43. The van der Waals surface area contributed by atoms with E-state index in [1.807, 2.05) is 0 Å². The van der Waals surface area contributed by atoms with Crippen LogP contribution in [0.5, 0.6) is 0 Å². The molecule has 2 aliphatic rings. The normalized spacial score (nSPS) is 23.1. The van der Waals surface area contributed by atoms with Gasteiger partial charge in [-0.25, -0.2) is 0 Å². The van der Waals surface area contributed by atoms with Gasteiger partial charge in [-0.3, -0.25) is 0 Å². The van der Waals surface area contributed by atoms with Gasteiger partial charge in [0.25, 0.3) is 0 Å². The third-order valence-corrected chi connectivity index (χ3v) is 4.67. The van der Waals surface area contributed by atoms with E-state index in [4.69, 9.17) is 0 Å². The zero-order valence-corrected chi connectivity index (χ0v) is 10.8. The van der Waals surface area contributed by atoms with Gasteiger partial charge in [0.2, 0.25) is 0 Å². The van der Waals surface area contributed by atoms with Crippen molar-refractivity contribution in [2.24, 2.45) is 0 Å². The second kappa shape index (κ2) is 4.74. The molecule has 18 heavy (non-hydrogen) atoms. The minimum absolute atomic E-state index is 0.164. The Labute approximate surface area is 109 Å². The topological polar surface area (TPSA) is 35.8 Å². The van der Waals surface area contributed by atoms with Crippen molar-refractivity contribution in [1.82, 2.24) is 5.32 Å². The Hall–Kier alpha value is -1.33. The van der Waals surface area contributed by atoms with Gasteiger partial charge in [0.05, 0.1) is 11.5 Å². The number of rotatable bonds is 2. The predicted octanol–water partition coefficient (Wildman–Crippen LogP) is 3.10. The lowest BCUT2D eigenvalue weighted by Crippen LogP contribution is -2.32. The predicted molar refractivity (Wildman–Crippen MR) is 72.4 cm³/mol. The zero-order chi connectivity index (χ0) is 12.4.